The quantitative estimate of drug-likeness (QED) is 0.631. The summed E-state index contributed by atoms with van der Waals surface area (Å²) >= 11 is 0. The van der Waals surface area contributed by atoms with Gasteiger partial charge >= 0.3 is 6.03 Å². The van der Waals surface area contributed by atoms with Crippen LogP contribution in [0.1, 0.15) is 12.8 Å². The molecule has 0 saturated carbocycles. The van der Waals surface area contributed by atoms with Crippen molar-refractivity contribution in [2.24, 2.45) is 0 Å². The van der Waals surface area contributed by atoms with E-state index in [4.69, 9.17) is 0 Å². The third kappa shape index (κ3) is 5.34. The van der Waals surface area contributed by atoms with Gasteiger partial charge in [0.25, 0.3) is 0 Å². The molecule has 2 rings (SSSR count). The second-order valence-electron chi connectivity index (χ2n) is 5.59. The summed E-state index contributed by atoms with van der Waals surface area (Å²) in [6, 6.07) is 0.264. The van der Waals surface area contributed by atoms with E-state index in [9.17, 15) is 4.79 Å². The van der Waals surface area contributed by atoms with Crippen LogP contribution in [0.15, 0.2) is 0 Å². The number of likely N-dealkylation sites (N-methyl/N-ethyl adjacent to an activating group) is 1. The fourth-order valence-electron chi connectivity index (χ4n) is 2.61. The molecule has 2 amide bonds. The molecular formula is C13H27N5O. The second-order valence-corrected chi connectivity index (χ2v) is 5.59. The molecule has 2 saturated heterocycles. The Morgan fingerprint density at radius 3 is 2.79 bits per heavy atom. The number of urea groups is 1. The van der Waals surface area contributed by atoms with Crippen molar-refractivity contribution >= 4 is 6.03 Å². The Bertz CT molecular complexity index is 272. The van der Waals surface area contributed by atoms with Gasteiger partial charge in [-0.15, -0.1) is 0 Å². The standard InChI is InChI=1S/C13H27N5O/c1-17-7-9-18(10-8-17)6-5-15-13(19)16-12-3-2-4-14-11-12/h12,14H,2-11H2,1H3,(H2,15,16,19). The molecule has 1 atom stereocenters. The van der Waals surface area contributed by atoms with E-state index in [-0.39, 0.29) is 12.1 Å². The average molecular weight is 269 g/mol. The molecule has 2 heterocycles. The topological polar surface area (TPSA) is 59.6 Å². The third-order valence-electron chi connectivity index (χ3n) is 3.94. The van der Waals surface area contributed by atoms with Gasteiger partial charge in [-0.2, -0.15) is 0 Å². The lowest BCUT2D eigenvalue weighted by atomic mass is 10.1. The van der Waals surface area contributed by atoms with Crippen LogP contribution in [0.5, 0.6) is 0 Å². The van der Waals surface area contributed by atoms with E-state index in [1.54, 1.807) is 0 Å². The Kier molecular flexibility index (Phi) is 5.88. The fraction of sp³-hybridized carbons (Fsp3) is 0.923. The SMILES string of the molecule is CN1CCN(CCNC(=O)NC2CCCNC2)CC1. The lowest BCUT2D eigenvalue weighted by Gasteiger charge is -2.32. The highest BCUT2D eigenvalue weighted by Crippen LogP contribution is 2.00. The van der Waals surface area contributed by atoms with Gasteiger partial charge in [0.15, 0.2) is 0 Å². The van der Waals surface area contributed by atoms with Gasteiger partial charge in [0.05, 0.1) is 0 Å². The number of nitrogens with one attached hydrogen (secondary N) is 3. The third-order valence-corrected chi connectivity index (χ3v) is 3.94. The summed E-state index contributed by atoms with van der Waals surface area (Å²) in [5.41, 5.74) is 0. The summed E-state index contributed by atoms with van der Waals surface area (Å²) in [6.07, 6.45) is 2.23. The van der Waals surface area contributed by atoms with Crippen molar-refractivity contribution in [2.45, 2.75) is 18.9 Å². The smallest absolute Gasteiger partial charge is 0.315 e. The van der Waals surface area contributed by atoms with E-state index in [1.807, 2.05) is 0 Å². The van der Waals surface area contributed by atoms with E-state index < -0.39 is 0 Å². The summed E-state index contributed by atoms with van der Waals surface area (Å²) in [6.45, 7) is 8.10. The maximum absolute atomic E-state index is 11.7. The van der Waals surface area contributed by atoms with E-state index in [2.05, 4.69) is 32.8 Å². The Balaban J connectivity index is 1.53. The molecule has 2 fully saturated rings. The Labute approximate surface area is 115 Å². The van der Waals surface area contributed by atoms with Crippen LogP contribution in [0.4, 0.5) is 4.79 Å². The van der Waals surface area contributed by atoms with Gasteiger partial charge in [-0.3, -0.25) is 4.90 Å². The molecule has 0 aromatic rings. The zero-order chi connectivity index (χ0) is 13.5. The minimum absolute atomic E-state index is 0.0252. The van der Waals surface area contributed by atoms with Crippen molar-refractivity contribution in [2.75, 3.05) is 59.4 Å². The highest BCUT2D eigenvalue weighted by molar-refractivity contribution is 5.74. The molecular weight excluding hydrogens is 242 g/mol. The number of rotatable bonds is 4. The molecule has 3 N–H and O–H groups in total. The number of carbonyl (C=O) groups is 1. The van der Waals surface area contributed by atoms with Gasteiger partial charge < -0.3 is 20.9 Å². The molecule has 0 aliphatic carbocycles. The van der Waals surface area contributed by atoms with E-state index in [0.29, 0.717) is 0 Å². The van der Waals surface area contributed by atoms with Crippen molar-refractivity contribution in [3.8, 4) is 0 Å². The minimum atomic E-state index is -0.0252. The zero-order valence-electron chi connectivity index (χ0n) is 12.0. The highest BCUT2D eigenvalue weighted by Gasteiger charge is 2.16. The molecule has 0 radical (unpaired) electrons. The summed E-state index contributed by atoms with van der Waals surface area (Å²) in [7, 11) is 2.15. The maximum atomic E-state index is 11.7. The van der Waals surface area contributed by atoms with Gasteiger partial charge in [0.2, 0.25) is 0 Å². The largest absolute Gasteiger partial charge is 0.337 e. The van der Waals surface area contributed by atoms with Crippen molar-refractivity contribution in [3.63, 3.8) is 0 Å². The molecule has 1 unspecified atom stereocenters. The number of amides is 2. The Hall–Kier alpha value is -0.850. The molecule has 0 aromatic carbocycles. The van der Waals surface area contributed by atoms with Crippen molar-refractivity contribution < 1.29 is 4.79 Å². The summed E-state index contributed by atoms with van der Waals surface area (Å²) in [5.74, 6) is 0. The maximum Gasteiger partial charge on any atom is 0.315 e. The zero-order valence-corrected chi connectivity index (χ0v) is 12.0. The molecule has 19 heavy (non-hydrogen) atoms. The number of carbonyl (C=O) groups excluding carboxylic acids is 1. The van der Waals surface area contributed by atoms with Crippen LogP contribution in [0.3, 0.4) is 0 Å². The Morgan fingerprint density at radius 2 is 2.11 bits per heavy atom. The molecule has 110 valence electrons. The molecule has 6 nitrogen and oxygen atoms in total. The van der Waals surface area contributed by atoms with Gasteiger partial charge in [0, 0.05) is 51.9 Å². The first-order valence-corrected chi connectivity index (χ1v) is 7.40. The van der Waals surface area contributed by atoms with E-state index in [0.717, 1.165) is 65.2 Å². The number of piperazine rings is 1. The molecule has 2 aliphatic rings. The van der Waals surface area contributed by atoms with Gasteiger partial charge in [-0.05, 0) is 26.4 Å². The monoisotopic (exact) mass is 269 g/mol. The van der Waals surface area contributed by atoms with Crippen molar-refractivity contribution in [1.82, 2.24) is 25.8 Å². The predicted octanol–water partition coefficient (Wildman–Crippen LogP) is -0.715. The van der Waals surface area contributed by atoms with E-state index >= 15 is 0 Å². The average Bonchev–Trinajstić information content (AvgIpc) is 2.42. The number of hydrogen-bond donors (Lipinski definition) is 3. The molecule has 0 aromatic heterocycles. The number of piperidine rings is 1. The Morgan fingerprint density at radius 1 is 1.32 bits per heavy atom. The molecule has 0 spiro atoms. The first kappa shape index (κ1) is 14.6. The van der Waals surface area contributed by atoms with Crippen LogP contribution in [0, 0.1) is 0 Å². The summed E-state index contributed by atoms with van der Waals surface area (Å²) in [4.78, 5) is 16.5. The molecule has 0 bridgehead atoms. The number of hydrogen-bond acceptors (Lipinski definition) is 4. The van der Waals surface area contributed by atoms with Crippen LogP contribution in [-0.4, -0.2) is 81.3 Å². The van der Waals surface area contributed by atoms with Crippen LogP contribution >= 0.6 is 0 Å². The normalized spacial score (nSPS) is 26.1. The molecule has 6 heteroatoms. The van der Waals surface area contributed by atoms with Crippen LogP contribution in [0.25, 0.3) is 0 Å². The lowest BCUT2D eigenvalue weighted by molar-refractivity contribution is 0.154. The lowest BCUT2D eigenvalue weighted by Crippen LogP contribution is -2.51. The summed E-state index contributed by atoms with van der Waals surface area (Å²) in [5, 5.41) is 9.28. The van der Waals surface area contributed by atoms with Gasteiger partial charge in [-0.25, -0.2) is 4.79 Å². The van der Waals surface area contributed by atoms with Crippen molar-refractivity contribution in [3.05, 3.63) is 0 Å². The van der Waals surface area contributed by atoms with E-state index in [1.165, 1.54) is 0 Å². The predicted molar refractivity (Wildman–Crippen MR) is 76.4 cm³/mol. The minimum Gasteiger partial charge on any atom is -0.337 e. The first-order valence-electron chi connectivity index (χ1n) is 7.40. The second kappa shape index (κ2) is 7.67. The van der Waals surface area contributed by atoms with Crippen LogP contribution in [-0.2, 0) is 0 Å². The van der Waals surface area contributed by atoms with Gasteiger partial charge in [0.1, 0.15) is 0 Å². The fourth-order valence-corrected chi connectivity index (χ4v) is 2.61. The highest BCUT2D eigenvalue weighted by atomic mass is 16.2. The van der Waals surface area contributed by atoms with Crippen molar-refractivity contribution in [1.29, 1.82) is 0 Å². The van der Waals surface area contributed by atoms with Gasteiger partial charge in [-0.1, -0.05) is 0 Å². The molecule has 2 aliphatic heterocycles. The van der Waals surface area contributed by atoms with Crippen LogP contribution in [0.2, 0.25) is 0 Å². The first-order chi connectivity index (χ1) is 9.24. The summed E-state index contributed by atoms with van der Waals surface area (Å²) < 4.78 is 0. The van der Waals surface area contributed by atoms with Crippen LogP contribution < -0.4 is 16.0 Å². The number of nitrogens with zero attached hydrogens (tertiary/aromatic N) is 2.